The average Bonchev–Trinajstić information content (AvgIpc) is 2.49. The standard InChI is InChI=1S/C16H22N2O2/c1-14(19)20-13-16(18-11-9-17-10-12-18)8-7-15-5-3-2-4-6-15/h2-8,16-17H,9-13H2,1H3/b8-7+. The zero-order valence-corrected chi connectivity index (χ0v) is 11.9. The van der Waals surface area contributed by atoms with Crippen LogP contribution in [0.15, 0.2) is 36.4 Å². The van der Waals surface area contributed by atoms with Gasteiger partial charge >= 0.3 is 5.97 Å². The van der Waals surface area contributed by atoms with Crippen molar-refractivity contribution in [2.24, 2.45) is 0 Å². The molecule has 4 nitrogen and oxygen atoms in total. The van der Waals surface area contributed by atoms with E-state index in [4.69, 9.17) is 4.74 Å². The normalized spacial score (nSPS) is 18.1. The van der Waals surface area contributed by atoms with E-state index in [0.717, 1.165) is 31.7 Å². The number of benzene rings is 1. The Hall–Kier alpha value is -1.65. The first kappa shape index (κ1) is 14.8. The molecule has 2 rings (SSSR count). The first-order valence-corrected chi connectivity index (χ1v) is 7.07. The second kappa shape index (κ2) is 7.82. The lowest BCUT2D eigenvalue weighted by Gasteiger charge is -2.32. The molecule has 1 saturated heterocycles. The van der Waals surface area contributed by atoms with Crippen LogP contribution in [0.4, 0.5) is 0 Å². The monoisotopic (exact) mass is 274 g/mol. The Balaban J connectivity index is 2.01. The molecule has 1 heterocycles. The van der Waals surface area contributed by atoms with E-state index in [1.165, 1.54) is 6.92 Å². The minimum Gasteiger partial charge on any atom is -0.464 e. The van der Waals surface area contributed by atoms with E-state index in [0.29, 0.717) is 6.61 Å². The fourth-order valence-corrected chi connectivity index (χ4v) is 2.29. The molecule has 1 aliphatic rings. The van der Waals surface area contributed by atoms with Gasteiger partial charge in [0.1, 0.15) is 6.61 Å². The number of esters is 1. The third-order valence-electron chi connectivity index (χ3n) is 3.39. The van der Waals surface area contributed by atoms with Crippen molar-refractivity contribution in [2.75, 3.05) is 32.8 Å². The highest BCUT2D eigenvalue weighted by Gasteiger charge is 2.19. The molecule has 20 heavy (non-hydrogen) atoms. The fraction of sp³-hybridized carbons (Fsp3) is 0.438. The van der Waals surface area contributed by atoms with Gasteiger partial charge in [0.25, 0.3) is 0 Å². The van der Waals surface area contributed by atoms with E-state index in [2.05, 4.69) is 34.5 Å². The average molecular weight is 274 g/mol. The minimum atomic E-state index is -0.224. The number of hydrogen-bond donors (Lipinski definition) is 1. The van der Waals surface area contributed by atoms with Crippen molar-refractivity contribution in [2.45, 2.75) is 13.0 Å². The molecule has 1 unspecified atom stereocenters. The topological polar surface area (TPSA) is 41.6 Å². The van der Waals surface area contributed by atoms with Gasteiger partial charge in [-0.25, -0.2) is 0 Å². The van der Waals surface area contributed by atoms with E-state index in [1.807, 2.05) is 18.2 Å². The molecule has 0 radical (unpaired) electrons. The predicted molar refractivity (Wildman–Crippen MR) is 80.3 cm³/mol. The molecule has 0 saturated carbocycles. The highest BCUT2D eigenvalue weighted by atomic mass is 16.5. The van der Waals surface area contributed by atoms with Crippen molar-refractivity contribution in [1.29, 1.82) is 0 Å². The first-order chi connectivity index (χ1) is 9.75. The molecule has 1 atom stereocenters. The summed E-state index contributed by atoms with van der Waals surface area (Å²) in [5.74, 6) is -0.224. The van der Waals surface area contributed by atoms with Crippen LogP contribution in [0.25, 0.3) is 6.08 Å². The molecule has 0 bridgehead atoms. The Labute approximate surface area is 120 Å². The van der Waals surface area contributed by atoms with Crippen molar-refractivity contribution in [3.8, 4) is 0 Å². The second-order valence-electron chi connectivity index (χ2n) is 4.93. The van der Waals surface area contributed by atoms with E-state index in [9.17, 15) is 4.79 Å². The molecule has 1 aromatic carbocycles. The van der Waals surface area contributed by atoms with Gasteiger partial charge in [0.15, 0.2) is 0 Å². The van der Waals surface area contributed by atoms with Gasteiger partial charge < -0.3 is 10.1 Å². The second-order valence-corrected chi connectivity index (χ2v) is 4.93. The van der Waals surface area contributed by atoms with E-state index in [1.54, 1.807) is 0 Å². The summed E-state index contributed by atoms with van der Waals surface area (Å²) < 4.78 is 5.19. The lowest BCUT2D eigenvalue weighted by atomic mass is 10.1. The Bertz CT molecular complexity index is 439. The number of nitrogens with zero attached hydrogens (tertiary/aromatic N) is 1. The molecule has 0 aromatic heterocycles. The maximum Gasteiger partial charge on any atom is 0.302 e. The largest absolute Gasteiger partial charge is 0.464 e. The molecular weight excluding hydrogens is 252 g/mol. The predicted octanol–water partition coefficient (Wildman–Crippen LogP) is 1.54. The summed E-state index contributed by atoms with van der Waals surface area (Å²) in [6.07, 6.45) is 4.22. The molecule has 1 fully saturated rings. The third-order valence-corrected chi connectivity index (χ3v) is 3.39. The summed E-state index contributed by atoms with van der Waals surface area (Å²) in [5, 5.41) is 3.33. The molecule has 0 aliphatic carbocycles. The van der Waals surface area contributed by atoms with Gasteiger partial charge in [-0.3, -0.25) is 9.69 Å². The summed E-state index contributed by atoms with van der Waals surface area (Å²) in [4.78, 5) is 13.4. The zero-order valence-electron chi connectivity index (χ0n) is 11.9. The summed E-state index contributed by atoms with van der Waals surface area (Å²) in [7, 11) is 0. The van der Waals surface area contributed by atoms with Gasteiger partial charge in [0.05, 0.1) is 6.04 Å². The van der Waals surface area contributed by atoms with Crippen molar-refractivity contribution in [3.63, 3.8) is 0 Å². The van der Waals surface area contributed by atoms with Crippen LogP contribution in [0.5, 0.6) is 0 Å². The molecule has 0 spiro atoms. The minimum absolute atomic E-state index is 0.140. The van der Waals surface area contributed by atoms with Crippen LogP contribution in [0.3, 0.4) is 0 Å². The molecule has 0 amide bonds. The van der Waals surface area contributed by atoms with Crippen LogP contribution in [0.1, 0.15) is 12.5 Å². The number of hydrogen-bond acceptors (Lipinski definition) is 4. The summed E-state index contributed by atoms with van der Waals surface area (Å²) in [5.41, 5.74) is 1.16. The maximum atomic E-state index is 11.0. The lowest BCUT2D eigenvalue weighted by Crippen LogP contribution is -2.49. The van der Waals surface area contributed by atoms with Crippen LogP contribution in [-0.4, -0.2) is 49.7 Å². The fourth-order valence-electron chi connectivity index (χ4n) is 2.29. The van der Waals surface area contributed by atoms with E-state index in [-0.39, 0.29) is 12.0 Å². The summed E-state index contributed by atoms with van der Waals surface area (Å²) in [6.45, 7) is 5.79. The number of rotatable bonds is 5. The van der Waals surface area contributed by atoms with Crippen molar-refractivity contribution >= 4 is 12.0 Å². The molecule has 1 aliphatic heterocycles. The van der Waals surface area contributed by atoms with Crippen molar-refractivity contribution in [3.05, 3.63) is 42.0 Å². The van der Waals surface area contributed by atoms with E-state index < -0.39 is 0 Å². The van der Waals surface area contributed by atoms with Crippen molar-refractivity contribution < 1.29 is 9.53 Å². The number of piperazine rings is 1. The molecule has 1 N–H and O–H groups in total. The van der Waals surface area contributed by atoms with Gasteiger partial charge in [0, 0.05) is 33.1 Å². The van der Waals surface area contributed by atoms with Crippen molar-refractivity contribution in [1.82, 2.24) is 10.2 Å². The van der Waals surface area contributed by atoms with Crippen LogP contribution >= 0.6 is 0 Å². The van der Waals surface area contributed by atoms with Gasteiger partial charge in [-0.15, -0.1) is 0 Å². The van der Waals surface area contributed by atoms with Crippen LogP contribution in [-0.2, 0) is 9.53 Å². The van der Waals surface area contributed by atoms with Crippen LogP contribution in [0, 0.1) is 0 Å². The quantitative estimate of drug-likeness (QED) is 0.827. The zero-order chi connectivity index (χ0) is 14.2. The number of ether oxygens (including phenoxy) is 1. The highest BCUT2D eigenvalue weighted by Crippen LogP contribution is 2.08. The summed E-state index contributed by atoms with van der Waals surface area (Å²) >= 11 is 0. The van der Waals surface area contributed by atoms with Gasteiger partial charge in [-0.1, -0.05) is 42.5 Å². The van der Waals surface area contributed by atoms with E-state index >= 15 is 0 Å². The number of nitrogens with one attached hydrogen (secondary N) is 1. The molecule has 108 valence electrons. The first-order valence-electron chi connectivity index (χ1n) is 7.07. The molecular formula is C16H22N2O2. The smallest absolute Gasteiger partial charge is 0.302 e. The van der Waals surface area contributed by atoms with Gasteiger partial charge in [-0.05, 0) is 5.56 Å². The summed E-state index contributed by atoms with van der Waals surface area (Å²) in [6, 6.07) is 10.3. The van der Waals surface area contributed by atoms with Gasteiger partial charge in [0.2, 0.25) is 0 Å². The molecule has 1 aromatic rings. The SMILES string of the molecule is CC(=O)OCC(/C=C/c1ccccc1)N1CCNCC1. The number of carbonyl (C=O) groups is 1. The lowest BCUT2D eigenvalue weighted by molar-refractivity contribution is -0.142. The van der Waals surface area contributed by atoms with Crippen LogP contribution < -0.4 is 5.32 Å². The third kappa shape index (κ3) is 4.79. The van der Waals surface area contributed by atoms with Crippen LogP contribution in [0.2, 0.25) is 0 Å². The van der Waals surface area contributed by atoms with Gasteiger partial charge in [-0.2, -0.15) is 0 Å². The maximum absolute atomic E-state index is 11.0. The molecule has 4 heteroatoms. The Morgan fingerprint density at radius 2 is 2.05 bits per heavy atom. The Morgan fingerprint density at radius 1 is 1.35 bits per heavy atom. The Morgan fingerprint density at radius 3 is 2.70 bits per heavy atom. The highest BCUT2D eigenvalue weighted by molar-refractivity contribution is 5.66. The Kier molecular flexibility index (Phi) is 5.77. The number of carbonyl (C=O) groups excluding carboxylic acids is 1.